The molecule has 27 heavy (non-hydrogen) atoms. The molecule has 148 valence electrons. The number of amides is 1. The number of aryl methyl sites for hydroxylation is 3. The van der Waals surface area contributed by atoms with Crippen LogP contribution in [0.15, 0.2) is 24.3 Å². The largest absolute Gasteiger partial charge is 0.351 e. The second-order valence-electron chi connectivity index (χ2n) is 7.31. The van der Waals surface area contributed by atoms with E-state index in [0.29, 0.717) is 6.54 Å². The number of hydrogen-bond acceptors (Lipinski definition) is 3. The Hall–Kier alpha value is -1.82. The minimum Gasteiger partial charge on any atom is -0.351 e. The van der Waals surface area contributed by atoms with Crippen molar-refractivity contribution in [2.45, 2.75) is 27.7 Å². The maximum Gasteiger partial charge on any atom is 0.253 e. The van der Waals surface area contributed by atoms with Crippen LogP contribution in [0.1, 0.15) is 32.9 Å². The predicted molar refractivity (Wildman–Crippen MR) is 114 cm³/mol. The zero-order valence-corrected chi connectivity index (χ0v) is 17.6. The molecule has 1 saturated heterocycles. The number of carbonyl (C=O) groups is 1. The summed E-state index contributed by atoms with van der Waals surface area (Å²) in [5, 5.41) is 6.44. The molecule has 0 unspecified atom stereocenters. The second kappa shape index (κ2) is 9.40. The van der Waals surface area contributed by atoms with Gasteiger partial charge in [-0.25, -0.2) is 0 Å². The average Bonchev–Trinajstić information content (AvgIpc) is 2.89. The lowest BCUT2D eigenvalue weighted by molar-refractivity contribution is 0.0946. The Labute approximate surface area is 168 Å². The van der Waals surface area contributed by atoms with Gasteiger partial charge in [0, 0.05) is 56.3 Å². The smallest absolute Gasteiger partial charge is 0.253 e. The highest BCUT2D eigenvalue weighted by Gasteiger charge is 2.17. The molecule has 2 N–H and O–H groups in total. The number of hydrogen-bond donors (Lipinski definition) is 2. The molecule has 1 aromatic carbocycles. The lowest BCUT2D eigenvalue weighted by Gasteiger charge is -2.27. The maximum atomic E-state index is 12.7. The van der Waals surface area contributed by atoms with Crippen molar-refractivity contribution in [3.8, 4) is 5.69 Å². The highest BCUT2D eigenvalue weighted by molar-refractivity contribution is 5.95. The number of benzene rings is 1. The Morgan fingerprint density at radius 3 is 2.30 bits per heavy atom. The normalized spacial score (nSPS) is 14.7. The van der Waals surface area contributed by atoms with E-state index in [4.69, 9.17) is 0 Å². The quantitative estimate of drug-likeness (QED) is 0.825. The maximum absolute atomic E-state index is 12.7. The number of rotatable bonds is 5. The van der Waals surface area contributed by atoms with E-state index in [1.54, 1.807) is 0 Å². The van der Waals surface area contributed by atoms with Crippen molar-refractivity contribution in [3.63, 3.8) is 0 Å². The van der Waals surface area contributed by atoms with Gasteiger partial charge in [0.25, 0.3) is 5.91 Å². The summed E-state index contributed by atoms with van der Waals surface area (Å²) >= 11 is 0. The predicted octanol–water partition coefficient (Wildman–Crippen LogP) is 2.77. The highest BCUT2D eigenvalue weighted by Crippen LogP contribution is 2.22. The molecule has 0 radical (unpaired) electrons. The van der Waals surface area contributed by atoms with E-state index in [0.717, 1.165) is 55.4 Å². The van der Waals surface area contributed by atoms with E-state index in [-0.39, 0.29) is 18.3 Å². The summed E-state index contributed by atoms with van der Waals surface area (Å²) in [6.45, 7) is 14.1. The minimum atomic E-state index is 0. The van der Waals surface area contributed by atoms with Crippen LogP contribution in [0.4, 0.5) is 0 Å². The van der Waals surface area contributed by atoms with Gasteiger partial charge in [0.1, 0.15) is 0 Å². The number of nitrogens with zero attached hydrogens (tertiary/aromatic N) is 2. The van der Waals surface area contributed by atoms with Gasteiger partial charge in [0.15, 0.2) is 0 Å². The van der Waals surface area contributed by atoms with Crippen LogP contribution in [0, 0.1) is 27.7 Å². The molecule has 0 atom stereocenters. The molecule has 1 aliphatic rings. The molecular formula is C21H31ClN4O. The molecule has 3 rings (SSSR count). The van der Waals surface area contributed by atoms with E-state index < -0.39 is 0 Å². The first kappa shape index (κ1) is 21.5. The van der Waals surface area contributed by atoms with Crippen molar-refractivity contribution in [2.75, 3.05) is 39.3 Å². The van der Waals surface area contributed by atoms with Crippen LogP contribution in [-0.4, -0.2) is 54.6 Å². The Kier molecular flexibility index (Phi) is 7.48. The lowest BCUT2D eigenvalue weighted by atomic mass is 10.1. The number of aromatic nitrogens is 1. The monoisotopic (exact) mass is 390 g/mol. The number of nitrogens with one attached hydrogen (secondary N) is 2. The Balaban J connectivity index is 0.00000261. The van der Waals surface area contributed by atoms with Gasteiger partial charge in [-0.2, -0.15) is 0 Å². The van der Waals surface area contributed by atoms with E-state index in [1.807, 2.05) is 13.0 Å². The molecule has 5 nitrogen and oxygen atoms in total. The third-order valence-corrected chi connectivity index (χ3v) is 5.06. The van der Waals surface area contributed by atoms with Crippen LogP contribution in [0.25, 0.3) is 5.69 Å². The molecule has 1 fully saturated rings. The van der Waals surface area contributed by atoms with Crippen LogP contribution < -0.4 is 10.6 Å². The first-order valence-electron chi connectivity index (χ1n) is 9.44. The van der Waals surface area contributed by atoms with E-state index in [2.05, 4.69) is 59.1 Å². The van der Waals surface area contributed by atoms with Crippen molar-refractivity contribution in [3.05, 3.63) is 52.3 Å². The SMILES string of the molecule is Cc1cc(C)cc(-n2c(C)cc(C(=O)NCCN3CCNCC3)c2C)c1.Cl. The van der Waals surface area contributed by atoms with Crippen molar-refractivity contribution >= 4 is 18.3 Å². The Morgan fingerprint density at radius 2 is 1.67 bits per heavy atom. The minimum absolute atomic E-state index is 0. The number of halogens is 1. The van der Waals surface area contributed by atoms with Gasteiger partial charge in [0.05, 0.1) is 5.56 Å². The van der Waals surface area contributed by atoms with E-state index >= 15 is 0 Å². The Morgan fingerprint density at radius 1 is 1.04 bits per heavy atom. The summed E-state index contributed by atoms with van der Waals surface area (Å²) < 4.78 is 2.17. The van der Waals surface area contributed by atoms with Crippen molar-refractivity contribution in [1.29, 1.82) is 0 Å². The van der Waals surface area contributed by atoms with Crippen LogP contribution in [0.2, 0.25) is 0 Å². The van der Waals surface area contributed by atoms with Gasteiger partial charge in [-0.3, -0.25) is 9.69 Å². The zero-order valence-electron chi connectivity index (χ0n) is 16.8. The third-order valence-electron chi connectivity index (χ3n) is 5.06. The van der Waals surface area contributed by atoms with Gasteiger partial charge in [-0.1, -0.05) is 6.07 Å². The standard InChI is InChI=1S/C21H30N4O.ClH/c1-15-11-16(2)13-19(12-15)25-17(3)14-20(18(25)4)21(26)23-7-10-24-8-5-22-6-9-24;/h11-14,22H,5-10H2,1-4H3,(H,23,26);1H. The lowest BCUT2D eigenvalue weighted by Crippen LogP contribution is -2.46. The molecule has 0 aliphatic carbocycles. The van der Waals surface area contributed by atoms with Gasteiger partial charge >= 0.3 is 0 Å². The van der Waals surface area contributed by atoms with E-state index in [9.17, 15) is 4.79 Å². The molecular weight excluding hydrogens is 360 g/mol. The topological polar surface area (TPSA) is 49.3 Å². The van der Waals surface area contributed by atoms with Crippen LogP contribution >= 0.6 is 12.4 Å². The first-order chi connectivity index (χ1) is 12.5. The molecule has 0 bridgehead atoms. The molecule has 1 aromatic heterocycles. The molecule has 1 aliphatic heterocycles. The summed E-state index contributed by atoms with van der Waals surface area (Å²) in [6.07, 6.45) is 0. The van der Waals surface area contributed by atoms with Gasteiger partial charge < -0.3 is 15.2 Å². The number of piperazine rings is 1. The molecule has 0 saturated carbocycles. The van der Waals surface area contributed by atoms with E-state index in [1.165, 1.54) is 11.1 Å². The molecule has 2 heterocycles. The van der Waals surface area contributed by atoms with Crippen LogP contribution in [-0.2, 0) is 0 Å². The Bertz CT molecular complexity index is 773. The molecule has 0 spiro atoms. The third kappa shape index (κ3) is 5.12. The fourth-order valence-electron chi connectivity index (χ4n) is 3.83. The molecule has 2 aromatic rings. The molecule has 6 heteroatoms. The average molecular weight is 391 g/mol. The summed E-state index contributed by atoms with van der Waals surface area (Å²) in [4.78, 5) is 15.1. The van der Waals surface area contributed by atoms with Crippen LogP contribution in [0.5, 0.6) is 0 Å². The highest BCUT2D eigenvalue weighted by atomic mass is 35.5. The fraction of sp³-hybridized carbons (Fsp3) is 0.476. The van der Waals surface area contributed by atoms with Gasteiger partial charge in [-0.05, 0) is 57.0 Å². The zero-order chi connectivity index (χ0) is 18.7. The van der Waals surface area contributed by atoms with Gasteiger partial charge in [-0.15, -0.1) is 12.4 Å². The second-order valence-corrected chi connectivity index (χ2v) is 7.31. The van der Waals surface area contributed by atoms with Crippen LogP contribution in [0.3, 0.4) is 0 Å². The summed E-state index contributed by atoms with van der Waals surface area (Å²) in [7, 11) is 0. The summed E-state index contributed by atoms with van der Waals surface area (Å²) in [5.41, 5.74) is 6.43. The summed E-state index contributed by atoms with van der Waals surface area (Å²) in [5.74, 6) is 0.0175. The van der Waals surface area contributed by atoms with Gasteiger partial charge in [0.2, 0.25) is 0 Å². The van der Waals surface area contributed by atoms with Crippen molar-refractivity contribution in [2.24, 2.45) is 0 Å². The number of carbonyl (C=O) groups excluding carboxylic acids is 1. The summed E-state index contributed by atoms with van der Waals surface area (Å²) in [6, 6.07) is 8.49. The fourth-order valence-corrected chi connectivity index (χ4v) is 3.83. The van der Waals surface area contributed by atoms with Crippen molar-refractivity contribution < 1.29 is 4.79 Å². The van der Waals surface area contributed by atoms with Crippen molar-refractivity contribution in [1.82, 2.24) is 20.1 Å². The first-order valence-corrected chi connectivity index (χ1v) is 9.44. The molecule has 1 amide bonds.